The van der Waals surface area contributed by atoms with E-state index in [9.17, 15) is 8.78 Å². The van der Waals surface area contributed by atoms with Crippen molar-refractivity contribution in [3.63, 3.8) is 0 Å². The summed E-state index contributed by atoms with van der Waals surface area (Å²) in [5.74, 6) is 0.552. The third-order valence-electron chi connectivity index (χ3n) is 3.49. The number of ether oxygens (including phenoxy) is 3. The number of methoxy groups -OCH3 is 2. The second-order valence-electron chi connectivity index (χ2n) is 5.27. The summed E-state index contributed by atoms with van der Waals surface area (Å²) in [5.41, 5.74) is 8.04. The highest BCUT2D eigenvalue weighted by atomic mass is 127. The summed E-state index contributed by atoms with van der Waals surface area (Å²) < 4.78 is 39.9. The number of hydrogen-bond donors (Lipinski definition) is 2. The van der Waals surface area contributed by atoms with Crippen molar-refractivity contribution in [2.45, 2.75) is 19.8 Å². The zero-order valence-corrected chi connectivity index (χ0v) is 17.3. The molecular formula is C18H22F2IN3O3. The Balaban J connectivity index is 0.00000364. The van der Waals surface area contributed by atoms with E-state index in [1.807, 2.05) is 24.3 Å². The van der Waals surface area contributed by atoms with Crippen LogP contribution in [0.2, 0.25) is 0 Å². The van der Waals surface area contributed by atoms with Gasteiger partial charge in [-0.3, -0.25) is 0 Å². The lowest BCUT2D eigenvalue weighted by Gasteiger charge is -2.12. The van der Waals surface area contributed by atoms with E-state index in [0.29, 0.717) is 17.9 Å². The number of nitrogens with zero attached hydrogens (tertiary/aromatic N) is 1. The van der Waals surface area contributed by atoms with Crippen LogP contribution < -0.4 is 20.5 Å². The van der Waals surface area contributed by atoms with Crippen LogP contribution in [0.5, 0.6) is 11.5 Å². The minimum Gasteiger partial charge on any atom is -0.497 e. The Hall–Kier alpha value is -2.14. The number of hydrogen-bond acceptors (Lipinski definition) is 4. The van der Waals surface area contributed by atoms with Crippen LogP contribution in [-0.2, 0) is 17.9 Å². The van der Waals surface area contributed by atoms with Gasteiger partial charge in [-0.2, -0.15) is 8.78 Å². The van der Waals surface area contributed by atoms with Gasteiger partial charge in [0, 0.05) is 30.0 Å². The molecule has 6 nitrogen and oxygen atoms in total. The van der Waals surface area contributed by atoms with E-state index in [2.05, 4.69) is 15.0 Å². The Labute approximate surface area is 173 Å². The van der Waals surface area contributed by atoms with Crippen LogP contribution >= 0.6 is 24.0 Å². The zero-order chi connectivity index (χ0) is 18.9. The average Bonchev–Trinajstić information content (AvgIpc) is 2.62. The molecule has 0 saturated heterocycles. The van der Waals surface area contributed by atoms with Crippen LogP contribution in [-0.4, -0.2) is 26.8 Å². The summed E-state index contributed by atoms with van der Waals surface area (Å²) in [4.78, 5) is 4.19. The predicted octanol–water partition coefficient (Wildman–Crippen LogP) is 3.99. The Kier molecular flexibility index (Phi) is 9.79. The highest BCUT2D eigenvalue weighted by molar-refractivity contribution is 14.0. The van der Waals surface area contributed by atoms with E-state index in [0.717, 1.165) is 11.3 Å². The number of nitrogens with one attached hydrogen (secondary N) is 1. The van der Waals surface area contributed by atoms with E-state index in [4.69, 9.17) is 15.2 Å². The number of halogens is 3. The molecule has 0 amide bonds. The van der Waals surface area contributed by atoms with Crippen molar-refractivity contribution >= 4 is 35.6 Å². The normalized spacial score (nSPS) is 11.1. The number of nitrogens with two attached hydrogens (primary N) is 1. The van der Waals surface area contributed by atoms with Crippen molar-refractivity contribution in [1.82, 2.24) is 0 Å². The van der Waals surface area contributed by atoms with Gasteiger partial charge in [-0.25, -0.2) is 4.99 Å². The van der Waals surface area contributed by atoms with Gasteiger partial charge in [0.05, 0.1) is 20.3 Å². The van der Waals surface area contributed by atoms with Crippen LogP contribution in [0, 0.1) is 0 Å². The first-order valence-corrected chi connectivity index (χ1v) is 7.79. The van der Waals surface area contributed by atoms with E-state index in [-0.39, 0.29) is 42.2 Å². The third-order valence-corrected chi connectivity index (χ3v) is 3.49. The molecule has 0 atom stereocenters. The lowest BCUT2D eigenvalue weighted by atomic mass is 10.2. The van der Waals surface area contributed by atoms with Gasteiger partial charge in [-0.05, 0) is 18.2 Å². The number of anilines is 1. The molecule has 9 heteroatoms. The molecule has 0 aliphatic heterocycles. The summed E-state index contributed by atoms with van der Waals surface area (Å²) in [6, 6.07) is 12.1. The Morgan fingerprint density at radius 3 is 2.56 bits per heavy atom. The zero-order valence-electron chi connectivity index (χ0n) is 14.9. The highest BCUT2D eigenvalue weighted by Crippen LogP contribution is 2.27. The van der Waals surface area contributed by atoms with E-state index >= 15 is 0 Å². The van der Waals surface area contributed by atoms with Crippen LogP contribution in [0.25, 0.3) is 0 Å². The highest BCUT2D eigenvalue weighted by Gasteiger charge is 2.11. The van der Waals surface area contributed by atoms with E-state index in [1.54, 1.807) is 19.2 Å². The van der Waals surface area contributed by atoms with Gasteiger partial charge in [0.15, 0.2) is 5.96 Å². The van der Waals surface area contributed by atoms with Gasteiger partial charge in [0.25, 0.3) is 0 Å². The molecule has 0 heterocycles. The topological polar surface area (TPSA) is 78.1 Å². The van der Waals surface area contributed by atoms with Crippen molar-refractivity contribution in [2.75, 3.05) is 19.5 Å². The van der Waals surface area contributed by atoms with Gasteiger partial charge in [0.2, 0.25) is 0 Å². The van der Waals surface area contributed by atoms with Crippen molar-refractivity contribution in [3.05, 3.63) is 53.6 Å². The lowest BCUT2D eigenvalue weighted by molar-refractivity contribution is -0.0505. The average molecular weight is 493 g/mol. The molecule has 0 radical (unpaired) electrons. The number of guanidine groups is 1. The van der Waals surface area contributed by atoms with Gasteiger partial charge in [-0.1, -0.05) is 18.2 Å². The SMILES string of the molecule is COCc1ccccc1NC(N)=NCc1ccc(OC)cc1OC(F)F.I. The fourth-order valence-electron chi connectivity index (χ4n) is 2.27. The molecular weight excluding hydrogens is 471 g/mol. The molecule has 2 aromatic carbocycles. The molecule has 0 fully saturated rings. The van der Waals surface area contributed by atoms with E-state index < -0.39 is 6.61 Å². The monoisotopic (exact) mass is 493 g/mol. The Morgan fingerprint density at radius 1 is 1.15 bits per heavy atom. The second kappa shape index (κ2) is 11.5. The fraction of sp³-hybridized carbons (Fsp3) is 0.278. The minimum absolute atomic E-state index is 0. The second-order valence-corrected chi connectivity index (χ2v) is 5.27. The molecule has 0 aliphatic carbocycles. The molecule has 0 bridgehead atoms. The summed E-state index contributed by atoms with van der Waals surface area (Å²) >= 11 is 0. The summed E-state index contributed by atoms with van der Waals surface area (Å²) in [5, 5.41) is 2.98. The van der Waals surface area contributed by atoms with Crippen LogP contribution in [0.1, 0.15) is 11.1 Å². The summed E-state index contributed by atoms with van der Waals surface area (Å²) in [6.45, 7) is -2.46. The molecule has 0 aromatic heterocycles. The largest absolute Gasteiger partial charge is 0.497 e. The quantitative estimate of drug-likeness (QED) is 0.331. The maximum absolute atomic E-state index is 12.6. The number of aliphatic imine (C=N–C) groups is 1. The van der Waals surface area contributed by atoms with Crippen LogP contribution in [0.15, 0.2) is 47.5 Å². The summed E-state index contributed by atoms with van der Waals surface area (Å²) in [6.07, 6.45) is 0. The molecule has 0 unspecified atom stereocenters. The molecule has 2 rings (SSSR count). The minimum atomic E-state index is -2.94. The molecule has 0 aliphatic rings. The first kappa shape index (κ1) is 22.9. The fourth-order valence-corrected chi connectivity index (χ4v) is 2.27. The number of alkyl halides is 2. The molecule has 27 heavy (non-hydrogen) atoms. The van der Waals surface area contributed by atoms with Crippen molar-refractivity contribution in [2.24, 2.45) is 10.7 Å². The number of para-hydroxylation sites is 1. The standard InChI is InChI=1S/C18H21F2N3O3.HI/c1-24-11-13-5-3-4-6-15(13)23-18(21)22-10-12-7-8-14(25-2)9-16(12)26-17(19)20;/h3-9,17H,10-11H2,1-2H3,(H3,21,22,23);1H. The first-order chi connectivity index (χ1) is 12.5. The Morgan fingerprint density at radius 2 is 1.89 bits per heavy atom. The van der Waals surface area contributed by atoms with Crippen molar-refractivity contribution < 1.29 is 23.0 Å². The molecule has 2 aromatic rings. The number of benzene rings is 2. The molecule has 0 saturated carbocycles. The van der Waals surface area contributed by atoms with E-state index in [1.165, 1.54) is 13.2 Å². The molecule has 3 N–H and O–H groups in total. The van der Waals surface area contributed by atoms with Gasteiger partial charge >= 0.3 is 6.61 Å². The summed E-state index contributed by atoms with van der Waals surface area (Å²) in [7, 11) is 3.04. The molecule has 148 valence electrons. The number of rotatable bonds is 8. The van der Waals surface area contributed by atoms with Crippen LogP contribution in [0.3, 0.4) is 0 Å². The smallest absolute Gasteiger partial charge is 0.387 e. The lowest BCUT2D eigenvalue weighted by Crippen LogP contribution is -2.23. The maximum atomic E-state index is 12.6. The van der Waals surface area contributed by atoms with Gasteiger partial charge in [0.1, 0.15) is 11.5 Å². The van der Waals surface area contributed by atoms with Crippen molar-refractivity contribution in [3.8, 4) is 11.5 Å². The predicted molar refractivity (Wildman–Crippen MR) is 111 cm³/mol. The van der Waals surface area contributed by atoms with Gasteiger partial charge < -0.3 is 25.3 Å². The third kappa shape index (κ3) is 7.18. The van der Waals surface area contributed by atoms with Crippen molar-refractivity contribution in [1.29, 1.82) is 0 Å². The maximum Gasteiger partial charge on any atom is 0.387 e. The van der Waals surface area contributed by atoms with Gasteiger partial charge in [-0.15, -0.1) is 24.0 Å². The first-order valence-electron chi connectivity index (χ1n) is 7.79. The molecule has 0 spiro atoms. The Bertz CT molecular complexity index is 760. The van der Waals surface area contributed by atoms with Crippen LogP contribution in [0.4, 0.5) is 14.5 Å².